The second-order valence-corrected chi connectivity index (χ2v) is 14.4. The topological polar surface area (TPSA) is 193 Å². The number of quaternary nitrogens is 1. The number of fused-ring (bicyclic) bond motifs is 3. The molecule has 3 aromatic heterocycles. The number of esters is 1. The molecule has 13 nitrogen and oxygen atoms in total. The molecule has 0 radical (unpaired) electrons. The van der Waals surface area contributed by atoms with Gasteiger partial charge in [0.2, 0.25) is 0 Å². The molecule has 13 heteroatoms. The summed E-state index contributed by atoms with van der Waals surface area (Å²) in [6, 6.07) is 10.5. The number of nitrogen functional groups attached to an aromatic ring is 2. The predicted molar refractivity (Wildman–Crippen MR) is 189 cm³/mol. The normalized spacial score (nSPS) is 24.0. The van der Waals surface area contributed by atoms with Crippen molar-refractivity contribution in [3.05, 3.63) is 92.7 Å². The maximum Gasteiger partial charge on any atom is 0.341 e. The summed E-state index contributed by atoms with van der Waals surface area (Å²) in [5.74, 6) is 0.809. The van der Waals surface area contributed by atoms with Crippen molar-refractivity contribution in [2.75, 3.05) is 18.0 Å². The molecular weight excluding hydrogens is 652 g/mol. The van der Waals surface area contributed by atoms with Gasteiger partial charge in [-0.15, -0.1) is 0 Å². The molecule has 0 bridgehead atoms. The van der Waals surface area contributed by atoms with Gasteiger partial charge in [0.05, 0.1) is 17.5 Å². The van der Waals surface area contributed by atoms with E-state index in [-0.39, 0.29) is 34.7 Å². The van der Waals surface area contributed by atoms with Crippen LogP contribution in [-0.4, -0.2) is 57.2 Å². The number of benzene rings is 1. The van der Waals surface area contributed by atoms with Crippen LogP contribution in [-0.2, 0) is 33.7 Å². The summed E-state index contributed by atoms with van der Waals surface area (Å²) in [6.45, 7) is 8.50. The van der Waals surface area contributed by atoms with Crippen molar-refractivity contribution in [1.82, 2.24) is 9.97 Å². The standard InChI is InChI=1S/C38H38N6O7/c1-19-9-27(45)34-29(48-19)15-28-24(35(34)46)14-31(37(2,3)50-28)49-36(47)38(4)30(51-38)6-5-20-10-25(43-32(39)11-20)22-12-23(42-33(40)13-22)17-44-16-21-7-8-41-26(21)18-44/h7-13,15,18,30-31,46H,5-6,14,16-17H2,1-4H3,(H2,39,43)(H2,40,42)/p+1/t30-,31-,38-/m1/s1. The molecule has 7 heterocycles. The summed E-state index contributed by atoms with van der Waals surface area (Å²) in [6.07, 6.45) is 6.10. The van der Waals surface area contributed by atoms with Gasteiger partial charge >= 0.3 is 5.97 Å². The highest BCUT2D eigenvalue weighted by Gasteiger charge is 2.60. The van der Waals surface area contributed by atoms with Crippen LogP contribution in [0.5, 0.6) is 11.5 Å². The Morgan fingerprint density at radius 2 is 1.90 bits per heavy atom. The summed E-state index contributed by atoms with van der Waals surface area (Å²) < 4.78 is 23.8. The Labute approximate surface area is 293 Å². The minimum atomic E-state index is -1.15. The maximum absolute atomic E-state index is 13.5. The van der Waals surface area contributed by atoms with Gasteiger partial charge in [0, 0.05) is 41.5 Å². The van der Waals surface area contributed by atoms with Crippen molar-refractivity contribution in [3.63, 3.8) is 0 Å². The zero-order valence-electron chi connectivity index (χ0n) is 28.8. The lowest BCUT2D eigenvalue weighted by Gasteiger charge is -2.39. The third-order valence-corrected chi connectivity index (χ3v) is 10.1. The number of nitrogens with one attached hydrogen (secondary N) is 1. The number of nitrogens with zero attached hydrogens (tertiary/aromatic N) is 3. The summed E-state index contributed by atoms with van der Waals surface area (Å²) in [4.78, 5) is 41.0. The number of rotatable bonds is 8. The molecule has 4 aromatic rings. The number of carbonyl (C=O) groups is 1. The number of aryl methyl sites for hydroxylation is 2. The number of epoxide rings is 1. The van der Waals surface area contributed by atoms with Crippen LogP contribution in [0.25, 0.3) is 22.2 Å². The van der Waals surface area contributed by atoms with E-state index in [9.17, 15) is 14.7 Å². The first-order valence-corrected chi connectivity index (χ1v) is 17.0. The van der Waals surface area contributed by atoms with Crippen molar-refractivity contribution in [2.45, 2.75) is 76.9 Å². The molecule has 1 unspecified atom stereocenters. The number of aliphatic imine (C=N–C) groups is 1. The molecular formula is C38H39N6O7+. The van der Waals surface area contributed by atoms with Gasteiger partial charge < -0.3 is 35.2 Å². The molecule has 4 aliphatic heterocycles. The quantitative estimate of drug-likeness (QED) is 0.157. The van der Waals surface area contributed by atoms with Gasteiger partial charge in [0.1, 0.15) is 76.6 Å². The first-order valence-electron chi connectivity index (χ1n) is 17.0. The van der Waals surface area contributed by atoms with E-state index < -0.39 is 23.3 Å². The fourth-order valence-electron chi connectivity index (χ4n) is 7.26. The van der Waals surface area contributed by atoms with Crippen LogP contribution in [0.3, 0.4) is 0 Å². The number of hydrogen-bond acceptors (Lipinski definition) is 12. The van der Waals surface area contributed by atoms with Gasteiger partial charge in [-0.05, 0) is 76.4 Å². The van der Waals surface area contributed by atoms with E-state index in [1.807, 2.05) is 44.3 Å². The van der Waals surface area contributed by atoms with Crippen LogP contribution >= 0.6 is 0 Å². The van der Waals surface area contributed by atoms with E-state index in [0.717, 1.165) is 29.1 Å². The third-order valence-electron chi connectivity index (χ3n) is 10.1. The molecule has 262 valence electrons. The fourth-order valence-corrected chi connectivity index (χ4v) is 7.26. The van der Waals surface area contributed by atoms with Gasteiger partial charge in [-0.1, -0.05) is 0 Å². The number of aromatic hydroxyl groups is 1. The van der Waals surface area contributed by atoms with Gasteiger partial charge in [-0.3, -0.25) is 14.7 Å². The van der Waals surface area contributed by atoms with Crippen molar-refractivity contribution >= 4 is 34.8 Å². The van der Waals surface area contributed by atoms with Gasteiger partial charge in [-0.25, -0.2) is 14.8 Å². The lowest BCUT2D eigenvalue weighted by molar-refractivity contribution is -0.852. The molecule has 1 saturated heterocycles. The number of phenols is 1. The van der Waals surface area contributed by atoms with Gasteiger partial charge in [0.25, 0.3) is 0 Å². The Balaban J connectivity index is 0.934. The second kappa shape index (κ2) is 11.8. The number of carbonyl (C=O) groups excluding carboxylic acids is 1. The fraction of sp³-hybridized carbons (Fsp3) is 0.342. The van der Waals surface area contributed by atoms with E-state index in [0.29, 0.717) is 53.8 Å². The van der Waals surface area contributed by atoms with Crippen LogP contribution < -0.4 is 26.5 Å². The zero-order valence-corrected chi connectivity index (χ0v) is 28.8. The summed E-state index contributed by atoms with van der Waals surface area (Å²) in [5.41, 5.74) is 16.2. The van der Waals surface area contributed by atoms with E-state index in [4.69, 9.17) is 30.1 Å². The highest BCUT2D eigenvalue weighted by atomic mass is 16.7. The third kappa shape index (κ3) is 6.02. The Morgan fingerprint density at radius 1 is 1.10 bits per heavy atom. The largest absolute Gasteiger partial charge is 0.507 e. The van der Waals surface area contributed by atoms with E-state index in [2.05, 4.69) is 21.2 Å². The molecule has 0 aliphatic carbocycles. The lowest BCUT2D eigenvalue weighted by atomic mass is 9.89. The van der Waals surface area contributed by atoms with Crippen LogP contribution in [0.1, 0.15) is 49.8 Å². The Hall–Kier alpha value is -5.53. The van der Waals surface area contributed by atoms with Crippen LogP contribution in [0.15, 0.2) is 74.1 Å². The molecule has 8 rings (SSSR count). The van der Waals surface area contributed by atoms with Crippen LogP contribution in [0.2, 0.25) is 0 Å². The minimum absolute atomic E-state index is 0.0644. The first-order chi connectivity index (χ1) is 24.3. The zero-order chi connectivity index (χ0) is 35.8. The Morgan fingerprint density at radius 3 is 2.71 bits per heavy atom. The SMILES string of the molecule is Cc1cc(=O)c2c(O)c3c(cc2o1)OC(C)(C)[C@H](OC(=O)[C@]1(C)O[C@@H]1CCc1cc(N)nc(-c2cc(N)nc(C[NH+]4C=C5N=CC=C5C4)c2)c1)C3. The second-order valence-electron chi connectivity index (χ2n) is 14.4. The van der Waals surface area contributed by atoms with Crippen molar-refractivity contribution in [1.29, 1.82) is 0 Å². The molecule has 0 amide bonds. The first kappa shape index (κ1) is 32.7. The number of aromatic nitrogens is 2. The predicted octanol–water partition coefficient (Wildman–Crippen LogP) is 3.09. The van der Waals surface area contributed by atoms with Crippen LogP contribution in [0, 0.1) is 6.92 Å². The number of hydrogen-bond donors (Lipinski definition) is 4. The molecule has 1 fully saturated rings. The number of anilines is 2. The van der Waals surface area contributed by atoms with Gasteiger partial charge in [0.15, 0.2) is 11.0 Å². The molecule has 0 saturated carbocycles. The van der Waals surface area contributed by atoms with Gasteiger partial charge in [-0.2, -0.15) is 0 Å². The van der Waals surface area contributed by atoms with E-state index in [1.165, 1.54) is 16.5 Å². The molecule has 0 spiro atoms. The molecule has 51 heavy (non-hydrogen) atoms. The number of ether oxygens (including phenoxy) is 3. The van der Waals surface area contributed by atoms with E-state index in [1.54, 1.807) is 26.0 Å². The van der Waals surface area contributed by atoms with Crippen molar-refractivity contribution < 1.29 is 33.4 Å². The Bertz CT molecular complexity index is 2290. The summed E-state index contributed by atoms with van der Waals surface area (Å²) in [5, 5.41) is 11.1. The molecule has 6 N–H and O–H groups in total. The Kier molecular flexibility index (Phi) is 7.54. The number of nitrogens with two attached hydrogens (primary N) is 2. The van der Waals surface area contributed by atoms with E-state index >= 15 is 0 Å². The minimum Gasteiger partial charge on any atom is -0.507 e. The smallest absolute Gasteiger partial charge is 0.341 e. The highest BCUT2D eigenvalue weighted by molar-refractivity contribution is 5.87. The number of allylic oxidation sites excluding steroid dienone is 1. The molecule has 1 aromatic carbocycles. The monoisotopic (exact) mass is 691 g/mol. The molecule has 4 atom stereocenters. The molecule has 4 aliphatic rings. The van der Waals surface area contributed by atoms with Crippen LogP contribution in [0.4, 0.5) is 11.6 Å². The van der Waals surface area contributed by atoms with Crippen molar-refractivity contribution in [3.8, 4) is 22.8 Å². The van der Waals surface area contributed by atoms with Crippen molar-refractivity contribution in [2.24, 2.45) is 4.99 Å². The maximum atomic E-state index is 13.5. The number of phenolic OH excluding ortho intramolecular Hbond substituents is 1. The number of pyridine rings is 2. The average molecular weight is 692 g/mol. The lowest BCUT2D eigenvalue weighted by Crippen LogP contribution is -3.04. The highest BCUT2D eigenvalue weighted by Crippen LogP contribution is 2.45. The average Bonchev–Trinajstić information content (AvgIpc) is 3.30. The summed E-state index contributed by atoms with van der Waals surface area (Å²) in [7, 11) is 0. The summed E-state index contributed by atoms with van der Waals surface area (Å²) >= 11 is 0.